The Balaban J connectivity index is 4.01. The van der Waals surface area contributed by atoms with Crippen molar-refractivity contribution in [1.82, 2.24) is 5.32 Å². The Bertz CT molecular complexity index is 989. The molecule has 358 valence electrons. The van der Waals surface area contributed by atoms with Crippen molar-refractivity contribution >= 4 is 13.7 Å². The first-order valence-corrected chi connectivity index (χ1v) is 27.6. The van der Waals surface area contributed by atoms with Gasteiger partial charge in [-0.25, -0.2) is 4.57 Å². The number of aliphatic hydroxyl groups is 1. The lowest BCUT2D eigenvalue weighted by Gasteiger charge is -2.25. The topological polar surface area (TPSA) is 105 Å². The molecule has 0 bridgehead atoms. The van der Waals surface area contributed by atoms with E-state index in [4.69, 9.17) is 9.05 Å². The monoisotopic (exact) mass is 872 g/mol. The minimum atomic E-state index is -4.33. The standard InChI is InChI=1S/C51H103N2O6P/c1-6-8-10-12-14-16-18-19-20-21-22-23-24-25-26-27-28-29-30-31-32-33-34-35-37-39-41-43-45-51(55)52-49(48-59-60(56,57)58-47-46-53(3,4)5)50(54)44-42-40-38-36-17-15-13-11-9-7-2/h42,44,49-50,54H,6-41,43,45-48H2,1-5H3,(H-,52,55,56,57)/p+1/b44-42+. The Morgan fingerprint density at radius 1 is 0.550 bits per heavy atom. The molecule has 0 fully saturated rings. The number of unbranched alkanes of at least 4 members (excludes halogenated alkanes) is 35. The maximum atomic E-state index is 12.9. The smallest absolute Gasteiger partial charge is 0.387 e. The first-order chi connectivity index (χ1) is 29.0. The van der Waals surface area contributed by atoms with Gasteiger partial charge in [-0.3, -0.25) is 13.8 Å². The number of amides is 1. The molecule has 3 unspecified atom stereocenters. The van der Waals surface area contributed by atoms with Crippen LogP contribution < -0.4 is 5.32 Å². The highest BCUT2D eigenvalue weighted by Crippen LogP contribution is 2.43. The molecule has 8 nitrogen and oxygen atoms in total. The zero-order valence-corrected chi connectivity index (χ0v) is 41.6. The number of carbonyl (C=O) groups is 1. The zero-order valence-electron chi connectivity index (χ0n) is 40.7. The van der Waals surface area contributed by atoms with E-state index in [9.17, 15) is 19.4 Å². The molecule has 1 amide bonds. The van der Waals surface area contributed by atoms with Crippen molar-refractivity contribution in [3.05, 3.63) is 12.2 Å². The fourth-order valence-electron chi connectivity index (χ4n) is 7.87. The van der Waals surface area contributed by atoms with Gasteiger partial charge in [-0.15, -0.1) is 0 Å². The molecule has 0 aliphatic carbocycles. The van der Waals surface area contributed by atoms with E-state index >= 15 is 0 Å². The Morgan fingerprint density at radius 2 is 0.883 bits per heavy atom. The largest absolute Gasteiger partial charge is 0.472 e. The van der Waals surface area contributed by atoms with Crippen molar-refractivity contribution in [2.75, 3.05) is 40.9 Å². The summed E-state index contributed by atoms with van der Waals surface area (Å²) >= 11 is 0. The van der Waals surface area contributed by atoms with E-state index in [1.54, 1.807) is 6.08 Å². The molecule has 0 radical (unpaired) electrons. The molecule has 0 rings (SSSR count). The van der Waals surface area contributed by atoms with Crippen LogP contribution in [0.25, 0.3) is 0 Å². The van der Waals surface area contributed by atoms with Crippen LogP contribution in [-0.2, 0) is 18.4 Å². The van der Waals surface area contributed by atoms with Crippen molar-refractivity contribution < 1.29 is 32.9 Å². The molecule has 0 aromatic rings. The second-order valence-electron chi connectivity index (χ2n) is 19.3. The molecule has 3 N–H and O–H groups in total. The zero-order chi connectivity index (χ0) is 44.3. The lowest BCUT2D eigenvalue weighted by molar-refractivity contribution is -0.870. The van der Waals surface area contributed by atoms with E-state index in [-0.39, 0.29) is 19.1 Å². The molecule has 0 aromatic heterocycles. The van der Waals surface area contributed by atoms with Gasteiger partial charge in [0.05, 0.1) is 39.9 Å². The number of allylic oxidation sites excluding steroid dienone is 1. The number of likely N-dealkylation sites (N-methyl/N-ethyl adjacent to an activating group) is 1. The number of nitrogens with one attached hydrogen (secondary N) is 1. The maximum absolute atomic E-state index is 12.9. The van der Waals surface area contributed by atoms with Crippen molar-refractivity contribution in [1.29, 1.82) is 0 Å². The Morgan fingerprint density at radius 3 is 1.23 bits per heavy atom. The van der Waals surface area contributed by atoms with E-state index in [0.717, 1.165) is 38.5 Å². The van der Waals surface area contributed by atoms with Gasteiger partial charge in [-0.05, 0) is 19.3 Å². The number of phosphoric acid groups is 1. The van der Waals surface area contributed by atoms with E-state index in [0.29, 0.717) is 17.4 Å². The number of rotatable bonds is 48. The summed E-state index contributed by atoms with van der Waals surface area (Å²) in [6.07, 6.45) is 51.7. The third kappa shape index (κ3) is 45.3. The van der Waals surface area contributed by atoms with Crippen molar-refractivity contribution in [3.8, 4) is 0 Å². The van der Waals surface area contributed by atoms with Gasteiger partial charge in [-0.2, -0.15) is 0 Å². The van der Waals surface area contributed by atoms with Crippen LogP contribution in [0.2, 0.25) is 0 Å². The molecular weight excluding hydrogens is 768 g/mol. The summed E-state index contributed by atoms with van der Waals surface area (Å²) in [7, 11) is 1.58. The Kier molecular flexibility index (Phi) is 42.9. The van der Waals surface area contributed by atoms with Crippen molar-refractivity contribution in [2.24, 2.45) is 0 Å². The average molecular weight is 872 g/mol. The summed E-state index contributed by atoms with van der Waals surface area (Å²) < 4.78 is 23.6. The van der Waals surface area contributed by atoms with Crippen LogP contribution >= 0.6 is 7.82 Å². The number of quaternary nitrogens is 1. The van der Waals surface area contributed by atoms with E-state index in [1.807, 2.05) is 27.2 Å². The number of nitrogens with zero attached hydrogens (tertiary/aromatic N) is 1. The average Bonchev–Trinajstić information content (AvgIpc) is 3.20. The third-order valence-electron chi connectivity index (χ3n) is 12.0. The van der Waals surface area contributed by atoms with Crippen LogP contribution in [0.5, 0.6) is 0 Å². The molecule has 0 saturated heterocycles. The lowest BCUT2D eigenvalue weighted by atomic mass is 10.0. The molecule has 3 atom stereocenters. The van der Waals surface area contributed by atoms with Gasteiger partial charge < -0.3 is 19.8 Å². The lowest BCUT2D eigenvalue weighted by Crippen LogP contribution is -2.45. The van der Waals surface area contributed by atoms with Crippen LogP contribution in [0, 0.1) is 0 Å². The first-order valence-electron chi connectivity index (χ1n) is 26.1. The SMILES string of the molecule is CCCCCCCCCC/C=C/C(O)C(COP(=O)(O)OCC[N+](C)(C)C)NC(=O)CCCCCCCCCCCCCCCCCCCCCCCCCCCCCC. The molecule has 0 saturated carbocycles. The highest BCUT2D eigenvalue weighted by atomic mass is 31.2. The van der Waals surface area contributed by atoms with Gasteiger partial charge in [0.15, 0.2) is 0 Å². The summed E-state index contributed by atoms with van der Waals surface area (Å²) in [6.45, 7) is 4.82. The normalized spacial score (nSPS) is 14.2. The van der Waals surface area contributed by atoms with Crippen LogP contribution in [0.4, 0.5) is 0 Å². The van der Waals surface area contributed by atoms with Crippen molar-refractivity contribution in [3.63, 3.8) is 0 Å². The summed E-state index contributed by atoms with van der Waals surface area (Å²) in [5, 5.41) is 13.8. The molecular formula is C51H104N2O6P+. The summed E-state index contributed by atoms with van der Waals surface area (Å²) in [5.74, 6) is -0.173. The first kappa shape index (κ1) is 59.2. The molecule has 9 heteroatoms. The predicted molar refractivity (Wildman–Crippen MR) is 259 cm³/mol. The van der Waals surface area contributed by atoms with Crippen LogP contribution in [0.15, 0.2) is 12.2 Å². The molecule has 0 spiro atoms. The Labute approximate surface area is 373 Å². The minimum absolute atomic E-state index is 0.0645. The second-order valence-corrected chi connectivity index (χ2v) is 20.7. The predicted octanol–water partition coefficient (Wildman–Crippen LogP) is 15.1. The van der Waals surface area contributed by atoms with E-state index in [1.165, 1.54) is 199 Å². The van der Waals surface area contributed by atoms with Gasteiger partial charge in [0.1, 0.15) is 13.2 Å². The highest BCUT2D eigenvalue weighted by Gasteiger charge is 2.27. The fourth-order valence-corrected chi connectivity index (χ4v) is 8.60. The summed E-state index contributed by atoms with van der Waals surface area (Å²) in [4.78, 5) is 23.1. The molecule has 0 aliphatic rings. The van der Waals surface area contributed by atoms with E-state index < -0.39 is 20.0 Å². The second kappa shape index (κ2) is 43.5. The van der Waals surface area contributed by atoms with Crippen molar-refractivity contribution in [2.45, 2.75) is 270 Å². The molecule has 60 heavy (non-hydrogen) atoms. The number of hydrogen-bond donors (Lipinski definition) is 3. The number of phosphoric ester groups is 1. The molecule has 0 heterocycles. The number of carbonyl (C=O) groups excluding carboxylic acids is 1. The van der Waals surface area contributed by atoms with Crippen LogP contribution in [0.3, 0.4) is 0 Å². The summed E-state index contributed by atoms with van der Waals surface area (Å²) in [6, 6.07) is -0.839. The van der Waals surface area contributed by atoms with Gasteiger partial charge >= 0.3 is 7.82 Å². The number of aliphatic hydroxyl groups excluding tert-OH is 1. The fraction of sp³-hybridized carbons (Fsp3) is 0.941. The van der Waals surface area contributed by atoms with Gasteiger partial charge in [0.25, 0.3) is 0 Å². The Hall–Kier alpha value is -0.760. The number of hydrogen-bond acceptors (Lipinski definition) is 5. The van der Waals surface area contributed by atoms with Crippen LogP contribution in [-0.4, -0.2) is 73.4 Å². The quantitative estimate of drug-likeness (QED) is 0.0243. The molecule has 0 aliphatic heterocycles. The highest BCUT2D eigenvalue weighted by molar-refractivity contribution is 7.47. The third-order valence-corrected chi connectivity index (χ3v) is 13.0. The van der Waals surface area contributed by atoms with Gasteiger partial charge in [0.2, 0.25) is 5.91 Å². The van der Waals surface area contributed by atoms with Gasteiger partial charge in [0, 0.05) is 6.42 Å². The van der Waals surface area contributed by atoms with Crippen LogP contribution in [0.1, 0.15) is 258 Å². The minimum Gasteiger partial charge on any atom is -0.387 e. The van der Waals surface area contributed by atoms with E-state index in [2.05, 4.69) is 19.2 Å². The van der Waals surface area contributed by atoms with Gasteiger partial charge in [-0.1, -0.05) is 244 Å². The molecule has 0 aromatic carbocycles. The maximum Gasteiger partial charge on any atom is 0.472 e. The summed E-state index contributed by atoms with van der Waals surface area (Å²) in [5.41, 5.74) is 0.